The summed E-state index contributed by atoms with van der Waals surface area (Å²) in [5, 5.41) is 6.86. The van der Waals surface area contributed by atoms with E-state index in [4.69, 9.17) is 9.47 Å². The van der Waals surface area contributed by atoms with Gasteiger partial charge in [0.05, 0.1) is 19.9 Å². The highest BCUT2D eigenvalue weighted by molar-refractivity contribution is 6.07. The van der Waals surface area contributed by atoms with E-state index in [2.05, 4.69) is 15.4 Å². The smallest absolute Gasteiger partial charge is 0.262 e. The third-order valence-corrected chi connectivity index (χ3v) is 6.92. The van der Waals surface area contributed by atoms with Crippen LogP contribution in [0.25, 0.3) is 5.69 Å². The number of halogens is 1. The van der Waals surface area contributed by atoms with Crippen molar-refractivity contribution in [2.45, 2.75) is 18.8 Å². The Labute approximate surface area is 225 Å². The number of likely N-dealkylation sites (tertiary alicyclic amines) is 1. The molecule has 0 bridgehead atoms. The number of aromatic nitrogens is 3. The summed E-state index contributed by atoms with van der Waals surface area (Å²) in [4.78, 5) is 31.8. The Bertz CT molecular complexity index is 1470. The molecular formula is C29H28FN5O4. The highest BCUT2D eigenvalue weighted by Crippen LogP contribution is 2.34. The first-order valence-electron chi connectivity index (χ1n) is 12.5. The fourth-order valence-corrected chi connectivity index (χ4v) is 4.87. The van der Waals surface area contributed by atoms with Crippen LogP contribution in [0.5, 0.6) is 11.5 Å². The van der Waals surface area contributed by atoms with Gasteiger partial charge in [-0.1, -0.05) is 18.2 Å². The van der Waals surface area contributed by atoms with Crippen molar-refractivity contribution in [2.24, 2.45) is 0 Å². The third-order valence-electron chi connectivity index (χ3n) is 6.92. The van der Waals surface area contributed by atoms with Gasteiger partial charge in [0.2, 0.25) is 0 Å². The van der Waals surface area contributed by atoms with Gasteiger partial charge in [0.25, 0.3) is 11.8 Å². The monoisotopic (exact) mass is 529 g/mol. The fraction of sp³-hybridized carbons (Fsp3) is 0.241. The van der Waals surface area contributed by atoms with E-state index in [-0.39, 0.29) is 28.9 Å². The molecule has 4 aromatic rings. The van der Waals surface area contributed by atoms with Crippen LogP contribution < -0.4 is 14.8 Å². The van der Waals surface area contributed by atoms with Crippen molar-refractivity contribution in [3.63, 3.8) is 0 Å². The minimum absolute atomic E-state index is 0.00585. The zero-order valence-corrected chi connectivity index (χ0v) is 21.6. The van der Waals surface area contributed by atoms with E-state index in [1.165, 1.54) is 32.7 Å². The molecule has 1 aliphatic heterocycles. The summed E-state index contributed by atoms with van der Waals surface area (Å²) in [6.07, 6.45) is 4.70. The standard InChI is InChI=1S/C29H28FN5O4/c1-38-25-11-10-24(30)26(27(25)39-2)28(36)33-22-8-6-19(7-9-22)20-12-14-34(15-13-20)29(37)21-4-3-5-23(16-21)35-18-31-17-32-35/h3-11,16-18,20H,12-15H2,1-2H3,(H,33,36). The third kappa shape index (κ3) is 5.45. The van der Waals surface area contributed by atoms with Crippen LogP contribution in [0.15, 0.2) is 73.3 Å². The Morgan fingerprint density at radius 1 is 1.00 bits per heavy atom. The molecule has 1 aliphatic rings. The highest BCUT2D eigenvalue weighted by Gasteiger charge is 2.25. The van der Waals surface area contributed by atoms with Crippen LogP contribution in [0.3, 0.4) is 0 Å². The Balaban J connectivity index is 1.20. The van der Waals surface area contributed by atoms with Gasteiger partial charge in [0, 0.05) is 24.3 Å². The van der Waals surface area contributed by atoms with E-state index in [0.29, 0.717) is 24.3 Å². The van der Waals surface area contributed by atoms with Crippen molar-refractivity contribution >= 4 is 17.5 Å². The van der Waals surface area contributed by atoms with Crippen LogP contribution in [-0.2, 0) is 0 Å². The predicted octanol–water partition coefficient (Wildman–Crippen LogP) is 4.70. The Morgan fingerprint density at radius 2 is 1.77 bits per heavy atom. The number of amides is 2. The van der Waals surface area contributed by atoms with Gasteiger partial charge in [-0.05, 0) is 66.8 Å². The minimum atomic E-state index is -0.701. The number of rotatable bonds is 7. The summed E-state index contributed by atoms with van der Waals surface area (Å²) >= 11 is 0. The molecule has 39 heavy (non-hydrogen) atoms. The second-order valence-corrected chi connectivity index (χ2v) is 9.19. The maximum atomic E-state index is 14.5. The molecule has 0 saturated carbocycles. The number of benzene rings is 3. The molecule has 10 heteroatoms. The number of nitrogens with one attached hydrogen (secondary N) is 1. The number of methoxy groups -OCH3 is 2. The summed E-state index contributed by atoms with van der Waals surface area (Å²) in [5.41, 5.74) is 2.84. The lowest BCUT2D eigenvalue weighted by molar-refractivity contribution is 0.0713. The molecule has 2 heterocycles. The lowest BCUT2D eigenvalue weighted by Gasteiger charge is -2.32. The van der Waals surface area contributed by atoms with E-state index in [1.807, 2.05) is 41.3 Å². The first kappa shape index (κ1) is 25.9. The van der Waals surface area contributed by atoms with Crippen LogP contribution in [0.1, 0.15) is 45.0 Å². The normalized spacial score (nSPS) is 13.7. The van der Waals surface area contributed by atoms with Gasteiger partial charge in [-0.25, -0.2) is 14.1 Å². The molecule has 1 fully saturated rings. The summed E-state index contributed by atoms with van der Waals surface area (Å²) in [7, 11) is 2.78. The van der Waals surface area contributed by atoms with Crippen LogP contribution in [-0.4, -0.2) is 58.8 Å². The van der Waals surface area contributed by atoms with Crippen LogP contribution >= 0.6 is 0 Å². The van der Waals surface area contributed by atoms with Crippen molar-refractivity contribution < 1.29 is 23.5 Å². The number of piperidine rings is 1. The van der Waals surface area contributed by atoms with Gasteiger partial charge in [-0.15, -0.1) is 0 Å². The van der Waals surface area contributed by atoms with Gasteiger partial charge in [-0.3, -0.25) is 9.59 Å². The maximum absolute atomic E-state index is 14.5. The van der Waals surface area contributed by atoms with Crippen molar-refractivity contribution in [1.29, 1.82) is 0 Å². The summed E-state index contributed by atoms with van der Waals surface area (Å²) in [6.45, 7) is 1.29. The Morgan fingerprint density at radius 3 is 2.44 bits per heavy atom. The van der Waals surface area contributed by atoms with Crippen molar-refractivity contribution in [1.82, 2.24) is 19.7 Å². The largest absolute Gasteiger partial charge is 0.493 e. The second-order valence-electron chi connectivity index (χ2n) is 9.19. The van der Waals surface area contributed by atoms with Gasteiger partial charge in [-0.2, -0.15) is 5.10 Å². The van der Waals surface area contributed by atoms with E-state index in [1.54, 1.807) is 23.1 Å². The van der Waals surface area contributed by atoms with Gasteiger partial charge in [0.1, 0.15) is 24.0 Å². The number of anilines is 1. The Kier molecular flexibility index (Phi) is 7.53. The number of carbonyl (C=O) groups excluding carboxylic acids is 2. The SMILES string of the molecule is COc1ccc(F)c(C(=O)Nc2ccc(C3CCN(C(=O)c4cccc(-n5cncn5)c4)CC3)cc2)c1OC. The van der Waals surface area contributed by atoms with Crippen LogP contribution in [0, 0.1) is 5.82 Å². The number of carbonyl (C=O) groups is 2. The molecule has 3 aromatic carbocycles. The van der Waals surface area contributed by atoms with Crippen LogP contribution in [0.2, 0.25) is 0 Å². The number of nitrogens with zero attached hydrogens (tertiary/aromatic N) is 4. The molecule has 0 spiro atoms. The number of hydrogen-bond donors (Lipinski definition) is 1. The summed E-state index contributed by atoms with van der Waals surface area (Å²) in [6, 6.07) is 17.5. The minimum Gasteiger partial charge on any atom is -0.493 e. The molecule has 1 N–H and O–H groups in total. The van der Waals surface area contributed by atoms with Crippen molar-refractivity contribution in [3.05, 3.63) is 95.8 Å². The van der Waals surface area contributed by atoms with Gasteiger partial charge < -0.3 is 19.7 Å². The fourth-order valence-electron chi connectivity index (χ4n) is 4.87. The van der Waals surface area contributed by atoms with E-state index >= 15 is 0 Å². The van der Waals surface area contributed by atoms with E-state index in [0.717, 1.165) is 24.1 Å². The number of hydrogen-bond acceptors (Lipinski definition) is 6. The molecule has 0 aliphatic carbocycles. The molecular weight excluding hydrogens is 501 g/mol. The molecule has 0 unspecified atom stereocenters. The average Bonchev–Trinajstić information content (AvgIpc) is 3.52. The van der Waals surface area contributed by atoms with Crippen molar-refractivity contribution in [2.75, 3.05) is 32.6 Å². The zero-order valence-electron chi connectivity index (χ0n) is 21.6. The van der Waals surface area contributed by atoms with Gasteiger partial charge >= 0.3 is 0 Å². The molecule has 2 amide bonds. The predicted molar refractivity (Wildman–Crippen MR) is 143 cm³/mol. The zero-order chi connectivity index (χ0) is 27.4. The average molecular weight is 530 g/mol. The van der Waals surface area contributed by atoms with E-state index < -0.39 is 11.7 Å². The van der Waals surface area contributed by atoms with Crippen LogP contribution in [0.4, 0.5) is 10.1 Å². The topological polar surface area (TPSA) is 98.6 Å². The summed E-state index contributed by atoms with van der Waals surface area (Å²) in [5.74, 6) is -0.737. The molecule has 0 radical (unpaired) electrons. The maximum Gasteiger partial charge on any atom is 0.262 e. The van der Waals surface area contributed by atoms with E-state index in [9.17, 15) is 14.0 Å². The molecule has 1 saturated heterocycles. The molecule has 200 valence electrons. The molecule has 5 rings (SSSR count). The first-order valence-corrected chi connectivity index (χ1v) is 12.5. The number of ether oxygens (including phenoxy) is 2. The second kappa shape index (κ2) is 11.3. The quantitative estimate of drug-likeness (QED) is 0.373. The molecule has 0 atom stereocenters. The van der Waals surface area contributed by atoms with Crippen molar-refractivity contribution in [3.8, 4) is 17.2 Å². The molecule has 9 nitrogen and oxygen atoms in total. The lowest BCUT2D eigenvalue weighted by atomic mass is 9.89. The highest BCUT2D eigenvalue weighted by atomic mass is 19.1. The van der Waals surface area contributed by atoms with Gasteiger partial charge in [0.15, 0.2) is 11.5 Å². The molecule has 1 aromatic heterocycles. The summed E-state index contributed by atoms with van der Waals surface area (Å²) < 4.78 is 26.5. The first-order chi connectivity index (χ1) is 19.0. The lowest BCUT2D eigenvalue weighted by Crippen LogP contribution is -2.37. The Hall–Kier alpha value is -4.73.